The standard InChI is InChI=1S/C13H9BrCl2O4S/c1-19-12-7-9(3-4-10(12)14)21(17,18)20-13-6-8(15)2-5-11(13)16/h2-7H,1H3. The number of rotatable bonds is 4. The first-order valence-corrected chi connectivity index (χ1v) is 8.52. The van der Waals surface area contributed by atoms with Gasteiger partial charge in [0.05, 0.1) is 16.6 Å². The maximum Gasteiger partial charge on any atom is 0.339 e. The van der Waals surface area contributed by atoms with Gasteiger partial charge in [-0.15, -0.1) is 0 Å². The minimum Gasteiger partial charge on any atom is -0.496 e. The Hall–Kier alpha value is -0.950. The third-order valence-corrected chi connectivity index (χ3v) is 4.94. The lowest BCUT2D eigenvalue weighted by Crippen LogP contribution is -2.10. The molecule has 0 radical (unpaired) electrons. The van der Waals surface area contributed by atoms with Gasteiger partial charge in [0, 0.05) is 17.2 Å². The van der Waals surface area contributed by atoms with Crippen molar-refractivity contribution in [2.75, 3.05) is 7.11 Å². The Morgan fingerprint density at radius 2 is 1.76 bits per heavy atom. The van der Waals surface area contributed by atoms with Crippen LogP contribution in [0.4, 0.5) is 0 Å². The Labute approximate surface area is 140 Å². The lowest BCUT2D eigenvalue weighted by molar-refractivity contribution is 0.410. The summed E-state index contributed by atoms with van der Waals surface area (Å²) in [6.07, 6.45) is 0. The molecule has 8 heteroatoms. The third kappa shape index (κ3) is 3.83. The predicted molar refractivity (Wildman–Crippen MR) is 85.0 cm³/mol. The van der Waals surface area contributed by atoms with E-state index >= 15 is 0 Å². The van der Waals surface area contributed by atoms with Crippen LogP contribution in [0.5, 0.6) is 11.5 Å². The number of benzene rings is 2. The SMILES string of the molecule is COc1cc(S(=O)(=O)Oc2cc(Cl)ccc2Cl)ccc1Br. The Bertz CT molecular complexity index is 778. The van der Waals surface area contributed by atoms with Crippen molar-refractivity contribution in [2.24, 2.45) is 0 Å². The lowest BCUT2D eigenvalue weighted by Gasteiger charge is -2.10. The molecule has 0 unspecified atom stereocenters. The molecule has 0 N–H and O–H groups in total. The zero-order chi connectivity index (χ0) is 15.6. The summed E-state index contributed by atoms with van der Waals surface area (Å²) >= 11 is 14.9. The first-order chi connectivity index (χ1) is 9.83. The zero-order valence-corrected chi connectivity index (χ0v) is 14.6. The molecule has 112 valence electrons. The van der Waals surface area contributed by atoms with E-state index in [0.717, 1.165) is 0 Å². The maximum atomic E-state index is 12.2. The molecular weight excluding hydrogens is 403 g/mol. The van der Waals surface area contributed by atoms with Crippen molar-refractivity contribution >= 4 is 49.2 Å². The van der Waals surface area contributed by atoms with Crippen LogP contribution in [-0.2, 0) is 10.1 Å². The van der Waals surface area contributed by atoms with Gasteiger partial charge in [0.2, 0.25) is 0 Å². The molecule has 0 aliphatic carbocycles. The molecule has 0 fully saturated rings. The Morgan fingerprint density at radius 3 is 2.43 bits per heavy atom. The second kappa shape index (κ2) is 6.44. The van der Waals surface area contributed by atoms with Crippen LogP contribution in [0.3, 0.4) is 0 Å². The first-order valence-electron chi connectivity index (χ1n) is 5.56. The summed E-state index contributed by atoms with van der Waals surface area (Å²) in [4.78, 5) is -0.0569. The minimum absolute atomic E-state index is 0.0361. The van der Waals surface area contributed by atoms with Gasteiger partial charge in [-0.3, -0.25) is 0 Å². The average Bonchev–Trinajstić information content (AvgIpc) is 2.43. The van der Waals surface area contributed by atoms with Crippen LogP contribution in [0.25, 0.3) is 0 Å². The molecule has 2 aromatic rings. The van der Waals surface area contributed by atoms with Gasteiger partial charge in [-0.1, -0.05) is 23.2 Å². The van der Waals surface area contributed by atoms with Crippen LogP contribution in [0.2, 0.25) is 10.0 Å². The molecule has 0 heterocycles. The summed E-state index contributed by atoms with van der Waals surface area (Å²) in [5, 5.41) is 0.463. The summed E-state index contributed by atoms with van der Waals surface area (Å²) in [7, 11) is -2.61. The predicted octanol–water partition coefficient (Wildman–Crippen LogP) is 4.53. The van der Waals surface area contributed by atoms with Crippen molar-refractivity contribution in [2.45, 2.75) is 4.90 Å². The number of ether oxygens (including phenoxy) is 1. The van der Waals surface area contributed by atoms with Gasteiger partial charge in [-0.05, 0) is 40.2 Å². The van der Waals surface area contributed by atoms with E-state index in [-0.39, 0.29) is 15.7 Å². The summed E-state index contributed by atoms with van der Waals surface area (Å²) < 4.78 is 35.2. The number of halogens is 3. The molecule has 2 rings (SSSR count). The Balaban J connectivity index is 2.41. The fraction of sp³-hybridized carbons (Fsp3) is 0.0769. The highest BCUT2D eigenvalue weighted by Crippen LogP contribution is 2.32. The van der Waals surface area contributed by atoms with Gasteiger partial charge in [-0.25, -0.2) is 0 Å². The van der Waals surface area contributed by atoms with Crippen molar-refractivity contribution in [3.05, 3.63) is 50.9 Å². The summed E-state index contributed by atoms with van der Waals surface area (Å²) in [5.41, 5.74) is 0. The number of hydrogen-bond acceptors (Lipinski definition) is 4. The zero-order valence-electron chi connectivity index (χ0n) is 10.6. The normalized spacial score (nSPS) is 11.2. The number of hydrogen-bond donors (Lipinski definition) is 0. The molecule has 0 spiro atoms. The van der Waals surface area contributed by atoms with E-state index < -0.39 is 10.1 Å². The van der Waals surface area contributed by atoms with Gasteiger partial charge in [0.15, 0.2) is 5.75 Å². The van der Waals surface area contributed by atoms with Gasteiger partial charge in [-0.2, -0.15) is 8.42 Å². The van der Waals surface area contributed by atoms with Gasteiger partial charge in [0.1, 0.15) is 10.6 Å². The van der Waals surface area contributed by atoms with Crippen molar-refractivity contribution in [3.8, 4) is 11.5 Å². The summed E-state index contributed by atoms with van der Waals surface area (Å²) in [6.45, 7) is 0. The highest BCUT2D eigenvalue weighted by atomic mass is 79.9. The third-order valence-electron chi connectivity index (χ3n) is 2.50. The fourth-order valence-corrected chi connectivity index (χ4v) is 3.23. The fourth-order valence-electron chi connectivity index (χ4n) is 1.50. The topological polar surface area (TPSA) is 52.6 Å². The van der Waals surface area contributed by atoms with E-state index in [4.69, 9.17) is 32.1 Å². The average molecular weight is 412 g/mol. The molecule has 0 saturated carbocycles. The van der Waals surface area contributed by atoms with Crippen LogP contribution in [0, 0.1) is 0 Å². The second-order valence-electron chi connectivity index (χ2n) is 3.91. The van der Waals surface area contributed by atoms with Crippen LogP contribution >= 0.6 is 39.1 Å². The van der Waals surface area contributed by atoms with Crippen LogP contribution in [-0.4, -0.2) is 15.5 Å². The van der Waals surface area contributed by atoms with Gasteiger partial charge < -0.3 is 8.92 Å². The monoisotopic (exact) mass is 410 g/mol. The smallest absolute Gasteiger partial charge is 0.339 e. The molecule has 0 aliphatic heterocycles. The molecule has 0 saturated heterocycles. The second-order valence-corrected chi connectivity index (χ2v) is 7.15. The highest BCUT2D eigenvalue weighted by molar-refractivity contribution is 9.10. The van der Waals surface area contributed by atoms with Gasteiger partial charge in [0.25, 0.3) is 0 Å². The van der Waals surface area contributed by atoms with Gasteiger partial charge >= 0.3 is 10.1 Å². The van der Waals surface area contributed by atoms with E-state index in [1.807, 2.05) is 0 Å². The van der Waals surface area contributed by atoms with E-state index in [1.54, 1.807) is 6.07 Å². The van der Waals surface area contributed by atoms with E-state index in [9.17, 15) is 8.42 Å². The molecule has 2 aromatic carbocycles. The van der Waals surface area contributed by atoms with E-state index in [0.29, 0.717) is 15.2 Å². The van der Waals surface area contributed by atoms with Crippen LogP contribution in [0.15, 0.2) is 45.8 Å². The quantitative estimate of drug-likeness (QED) is 0.693. The molecule has 0 aliphatic rings. The van der Waals surface area contributed by atoms with Crippen LogP contribution < -0.4 is 8.92 Å². The highest BCUT2D eigenvalue weighted by Gasteiger charge is 2.20. The van der Waals surface area contributed by atoms with Crippen molar-refractivity contribution in [1.29, 1.82) is 0 Å². The molecule has 0 aromatic heterocycles. The Kier molecular flexibility index (Phi) is 5.03. The molecule has 0 bridgehead atoms. The number of methoxy groups -OCH3 is 1. The molecule has 21 heavy (non-hydrogen) atoms. The Morgan fingerprint density at radius 1 is 1.05 bits per heavy atom. The van der Waals surface area contributed by atoms with Crippen molar-refractivity contribution in [1.82, 2.24) is 0 Å². The van der Waals surface area contributed by atoms with E-state index in [1.165, 1.54) is 37.4 Å². The molecule has 0 amide bonds. The largest absolute Gasteiger partial charge is 0.496 e. The summed E-state index contributed by atoms with van der Waals surface area (Å²) in [5.74, 6) is 0.336. The first kappa shape index (κ1) is 16.4. The van der Waals surface area contributed by atoms with Crippen molar-refractivity contribution in [3.63, 3.8) is 0 Å². The van der Waals surface area contributed by atoms with Crippen LogP contribution in [0.1, 0.15) is 0 Å². The molecular formula is C13H9BrCl2O4S. The minimum atomic E-state index is -4.05. The maximum absolute atomic E-state index is 12.2. The van der Waals surface area contributed by atoms with Crippen molar-refractivity contribution < 1.29 is 17.3 Å². The van der Waals surface area contributed by atoms with E-state index in [2.05, 4.69) is 15.9 Å². The lowest BCUT2D eigenvalue weighted by atomic mass is 10.3. The molecule has 4 nitrogen and oxygen atoms in total. The molecule has 0 atom stereocenters. The summed E-state index contributed by atoms with van der Waals surface area (Å²) in [6, 6.07) is 8.60.